The molecule has 0 spiro atoms. The minimum absolute atomic E-state index is 0.140. The van der Waals surface area contributed by atoms with Crippen LogP contribution in [-0.2, 0) is 4.74 Å². The van der Waals surface area contributed by atoms with Crippen LogP contribution in [0.5, 0.6) is 5.75 Å². The Balaban J connectivity index is 1.47. The predicted molar refractivity (Wildman–Crippen MR) is 121 cm³/mol. The molecule has 1 aromatic heterocycles. The van der Waals surface area contributed by atoms with Crippen molar-refractivity contribution in [3.8, 4) is 17.1 Å². The molecule has 33 heavy (non-hydrogen) atoms. The molecule has 2 N–H and O–H groups in total. The fraction of sp³-hybridized carbons (Fsp3) is 0.261. The van der Waals surface area contributed by atoms with E-state index in [0.717, 1.165) is 23.5 Å². The third-order valence-electron chi connectivity index (χ3n) is 4.93. The van der Waals surface area contributed by atoms with Crippen LogP contribution in [0.15, 0.2) is 48.7 Å². The first-order valence-corrected chi connectivity index (χ1v) is 10.5. The van der Waals surface area contributed by atoms with Crippen molar-refractivity contribution in [2.45, 2.75) is 6.92 Å². The van der Waals surface area contributed by atoms with Crippen LogP contribution in [0.4, 0.5) is 30.8 Å². The lowest BCUT2D eigenvalue weighted by atomic mass is 10.2. The first-order chi connectivity index (χ1) is 16.0. The molecular weight excluding hydrogens is 432 g/mol. The van der Waals surface area contributed by atoms with Crippen LogP contribution < -0.4 is 20.3 Å². The topological polar surface area (TPSA) is 88.6 Å². The third kappa shape index (κ3) is 5.53. The van der Waals surface area contributed by atoms with Crippen molar-refractivity contribution >= 4 is 23.2 Å². The lowest BCUT2D eigenvalue weighted by Crippen LogP contribution is -2.37. The number of hydrogen-bond donors (Lipinski definition) is 2. The summed E-state index contributed by atoms with van der Waals surface area (Å²) in [4.78, 5) is 23.4. The molecule has 0 bridgehead atoms. The van der Waals surface area contributed by atoms with E-state index in [0.29, 0.717) is 50.2 Å². The van der Waals surface area contributed by atoms with E-state index in [1.54, 1.807) is 30.5 Å². The van der Waals surface area contributed by atoms with Gasteiger partial charge in [0, 0.05) is 36.1 Å². The number of anilines is 3. The van der Waals surface area contributed by atoms with Crippen molar-refractivity contribution in [3.05, 3.63) is 60.3 Å². The Morgan fingerprint density at radius 2 is 1.76 bits per heavy atom. The van der Waals surface area contributed by atoms with Gasteiger partial charge >= 0.3 is 6.03 Å². The van der Waals surface area contributed by atoms with Crippen molar-refractivity contribution in [2.24, 2.45) is 0 Å². The highest BCUT2D eigenvalue weighted by Gasteiger charge is 2.19. The summed E-state index contributed by atoms with van der Waals surface area (Å²) in [5.41, 5.74) is 1.42. The van der Waals surface area contributed by atoms with Gasteiger partial charge in [-0.2, -0.15) is 0 Å². The van der Waals surface area contributed by atoms with Gasteiger partial charge in [-0.1, -0.05) is 0 Å². The number of hydrogen-bond acceptors (Lipinski definition) is 6. The SMILES string of the molecule is CCOc1cnc(-c2ccc(NC(=O)Nc3ccc(F)c(F)c3)cc2)nc1N1CCOCC1. The van der Waals surface area contributed by atoms with Crippen LogP contribution in [-0.4, -0.2) is 48.9 Å². The lowest BCUT2D eigenvalue weighted by molar-refractivity contribution is 0.122. The molecule has 4 rings (SSSR count). The molecule has 1 aliphatic heterocycles. The number of nitrogens with one attached hydrogen (secondary N) is 2. The van der Waals surface area contributed by atoms with Gasteiger partial charge in [0.15, 0.2) is 29.0 Å². The summed E-state index contributed by atoms with van der Waals surface area (Å²) in [6.07, 6.45) is 1.66. The van der Waals surface area contributed by atoms with Gasteiger partial charge in [-0.25, -0.2) is 23.5 Å². The summed E-state index contributed by atoms with van der Waals surface area (Å²) in [7, 11) is 0. The molecule has 2 heterocycles. The average Bonchev–Trinajstić information content (AvgIpc) is 2.83. The zero-order valence-corrected chi connectivity index (χ0v) is 18.0. The number of rotatable bonds is 6. The summed E-state index contributed by atoms with van der Waals surface area (Å²) in [5.74, 6) is -0.153. The van der Waals surface area contributed by atoms with E-state index in [2.05, 4.69) is 20.5 Å². The van der Waals surface area contributed by atoms with Gasteiger partial charge < -0.3 is 25.0 Å². The molecule has 0 unspecified atom stereocenters. The van der Waals surface area contributed by atoms with Crippen LogP contribution in [0.1, 0.15) is 6.92 Å². The molecule has 2 aromatic carbocycles. The number of carbonyl (C=O) groups is 1. The predicted octanol–water partition coefficient (Wildman–Crippen LogP) is 4.30. The fourth-order valence-electron chi connectivity index (χ4n) is 3.33. The highest BCUT2D eigenvalue weighted by Crippen LogP contribution is 2.29. The van der Waals surface area contributed by atoms with Gasteiger partial charge in [-0.3, -0.25) is 0 Å². The largest absolute Gasteiger partial charge is 0.488 e. The molecule has 1 aliphatic rings. The molecule has 1 fully saturated rings. The number of amides is 2. The van der Waals surface area contributed by atoms with Crippen molar-refractivity contribution < 1.29 is 23.0 Å². The second-order valence-corrected chi connectivity index (χ2v) is 7.20. The lowest BCUT2D eigenvalue weighted by Gasteiger charge is -2.29. The van der Waals surface area contributed by atoms with Crippen molar-refractivity contribution in [1.82, 2.24) is 9.97 Å². The van der Waals surface area contributed by atoms with Gasteiger partial charge in [-0.15, -0.1) is 0 Å². The number of morpholine rings is 1. The maximum atomic E-state index is 13.3. The van der Waals surface area contributed by atoms with Crippen LogP contribution in [0.2, 0.25) is 0 Å². The number of aromatic nitrogens is 2. The number of nitrogens with zero attached hydrogens (tertiary/aromatic N) is 3. The molecule has 0 atom stereocenters. The molecule has 1 saturated heterocycles. The standard InChI is InChI=1S/C23H23F2N5O3/c1-2-33-20-14-26-21(29-22(20)30-9-11-32-12-10-30)15-3-5-16(6-4-15)27-23(31)28-17-7-8-18(24)19(25)13-17/h3-8,13-14H,2,9-12H2,1H3,(H2,27,28,31). The zero-order chi connectivity index (χ0) is 23.2. The number of benzene rings is 2. The zero-order valence-electron chi connectivity index (χ0n) is 18.0. The summed E-state index contributed by atoms with van der Waals surface area (Å²) in [5, 5.41) is 5.10. The molecule has 0 aliphatic carbocycles. The molecule has 8 nitrogen and oxygen atoms in total. The van der Waals surface area contributed by atoms with Crippen LogP contribution in [0, 0.1) is 11.6 Å². The highest BCUT2D eigenvalue weighted by molar-refractivity contribution is 5.99. The van der Waals surface area contributed by atoms with E-state index >= 15 is 0 Å². The first-order valence-electron chi connectivity index (χ1n) is 10.5. The molecule has 0 saturated carbocycles. The van der Waals surface area contributed by atoms with Crippen molar-refractivity contribution in [2.75, 3.05) is 48.4 Å². The Kier molecular flexibility index (Phi) is 6.94. The van der Waals surface area contributed by atoms with Crippen molar-refractivity contribution in [1.29, 1.82) is 0 Å². The van der Waals surface area contributed by atoms with E-state index in [-0.39, 0.29) is 5.69 Å². The fourth-order valence-corrected chi connectivity index (χ4v) is 3.33. The number of carbonyl (C=O) groups excluding carboxylic acids is 1. The van der Waals surface area contributed by atoms with Crippen LogP contribution in [0.25, 0.3) is 11.4 Å². The molecule has 10 heteroatoms. The molecule has 0 radical (unpaired) electrons. The maximum absolute atomic E-state index is 13.3. The van der Waals surface area contributed by atoms with Gasteiger partial charge in [-0.05, 0) is 43.3 Å². The third-order valence-corrected chi connectivity index (χ3v) is 4.93. The number of ether oxygens (including phenoxy) is 2. The first kappa shape index (κ1) is 22.4. The van der Waals surface area contributed by atoms with Gasteiger partial charge in [0.25, 0.3) is 0 Å². The molecule has 172 valence electrons. The monoisotopic (exact) mass is 455 g/mol. The quantitative estimate of drug-likeness (QED) is 0.576. The van der Waals surface area contributed by atoms with Crippen LogP contribution >= 0.6 is 0 Å². The Morgan fingerprint density at radius 1 is 1.06 bits per heavy atom. The maximum Gasteiger partial charge on any atom is 0.323 e. The average molecular weight is 455 g/mol. The van der Waals surface area contributed by atoms with Gasteiger partial charge in [0.1, 0.15) is 0 Å². The Hall–Kier alpha value is -3.79. The Bertz CT molecular complexity index is 1120. The molecular formula is C23H23F2N5O3. The normalized spacial score (nSPS) is 13.5. The van der Waals surface area contributed by atoms with E-state index in [1.165, 1.54) is 6.07 Å². The highest BCUT2D eigenvalue weighted by atomic mass is 19.2. The minimum atomic E-state index is -1.04. The molecule has 3 aromatic rings. The van der Waals surface area contributed by atoms with Gasteiger partial charge in [0.05, 0.1) is 26.0 Å². The second-order valence-electron chi connectivity index (χ2n) is 7.20. The van der Waals surface area contributed by atoms with Crippen LogP contribution in [0.3, 0.4) is 0 Å². The number of halogens is 2. The van der Waals surface area contributed by atoms with E-state index in [1.807, 2.05) is 6.92 Å². The van der Waals surface area contributed by atoms with Crippen molar-refractivity contribution in [3.63, 3.8) is 0 Å². The Labute approximate surface area is 189 Å². The van der Waals surface area contributed by atoms with E-state index in [9.17, 15) is 13.6 Å². The smallest absolute Gasteiger partial charge is 0.323 e. The Morgan fingerprint density at radius 3 is 2.45 bits per heavy atom. The van der Waals surface area contributed by atoms with Gasteiger partial charge in [0.2, 0.25) is 0 Å². The summed E-state index contributed by atoms with van der Waals surface area (Å²) in [6.45, 7) is 5.09. The molecule has 2 amide bonds. The van der Waals surface area contributed by atoms with E-state index in [4.69, 9.17) is 14.5 Å². The minimum Gasteiger partial charge on any atom is -0.488 e. The second kappa shape index (κ2) is 10.2. The summed E-state index contributed by atoms with van der Waals surface area (Å²) in [6, 6.07) is 9.52. The number of urea groups is 1. The summed E-state index contributed by atoms with van der Waals surface area (Å²) >= 11 is 0. The summed E-state index contributed by atoms with van der Waals surface area (Å²) < 4.78 is 37.5. The van der Waals surface area contributed by atoms with E-state index < -0.39 is 17.7 Å².